The van der Waals surface area contributed by atoms with Crippen LogP contribution in [0.2, 0.25) is 0 Å². The van der Waals surface area contributed by atoms with Crippen LogP contribution in [0.3, 0.4) is 0 Å². The van der Waals surface area contributed by atoms with Gasteiger partial charge in [-0.25, -0.2) is 8.42 Å². The summed E-state index contributed by atoms with van der Waals surface area (Å²) in [6, 6.07) is 12.1. The molecule has 0 atom stereocenters. The number of rotatable bonds is 6. The summed E-state index contributed by atoms with van der Waals surface area (Å²) in [5.41, 5.74) is 2.52. The van der Waals surface area contributed by atoms with Crippen LogP contribution in [0.4, 0.5) is 5.69 Å². The lowest BCUT2D eigenvalue weighted by Crippen LogP contribution is -2.28. The first-order valence-corrected chi connectivity index (χ1v) is 10.4. The van der Waals surface area contributed by atoms with Crippen LogP contribution in [0.5, 0.6) is 5.75 Å². The van der Waals surface area contributed by atoms with Gasteiger partial charge in [0.1, 0.15) is 5.75 Å². The largest absolute Gasteiger partial charge is 0.483 e. The molecule has 2 aromatic rings. The van der Waals surface area contributed by atoms with Crippen molar-refractivity contribution in [3.05, 3.63) is 53.6 Å². The second-order valence-electron chi connectivity index (χ2n) is 6.74. The van der Waals surface area contributed by atoms with E-state index in [9.17, 15) is 13.2 Å². The fourth-order valence-electron chi connectivity index (χ4n) is 3.11. The molecule has 144 valence electrons. The van der Waals surface area contributed by atoms with Crippen LogP contribution >= 0.6 is 0 Å². The Bertz CT molecular complexity index is 935. The molecule has 6 nitrogen and oxygen atoms in total. The highest BCUT2D eigenvalue weighted by molar-refractivity contribution is 7.89. The molecular formula is C20H24N2O4S. The Balaban J connectivity index is 1.64. The van der Waals surface area contributed by atoms with Gasteiger partial charge in [-0.15, -0.1) is 0 Å². The SMILES string of the molecule is Cc1ccc(OCC(=O)Nc2cccc(S(=O)(=O)N3CCCC3)c2)c(C)c1. The number of nitrogens with one attached hydrogen (secondary N) is 1. The number of aryl methyl sites for hydroxylation is 2. The average Bonchev–Trinajstić information content (AvgIpc) is 3.17. The molecule has 1 aliphatic rings. The summed E-state index contributed by atoms with van der Waals surface area (Å²) in [5, 5.41) is 2.70. The van der Waals surface area contributed by atoms with Gasteiger partial charge < -0.3 is 10.1 Å². The first kappa shape index (κ1) is 19.4. The number of hydrogen-bond acceptors (Lipinski definition) is 4. The summed E-state index contributed by atoms with van der Waals surface area (Å²) in [6.45, 7) is 4.86. The number of benzene rings is 2. The molecule has 1 amide bonds. The van der Waals surface area contributed by atoms with E-state index in [0.29, 0.717) is 24.5 Å². The van der Waals surface area contributed by atoms with Crippen molar-refractivity contribution in [2.24, 2.45) is 0 Å². The summed E-state index contributed by atoms with van der Waals surface area (Å²) < 4.78 is 32.3. The number of hydrogen-bond donors (Lipinski definition) is 1. The molecule has 0 saturated carbocycles. The smallest absolute Gasteiger partial charge is 0.262 e. The summed E-state index contributed by atoms with van der Waals surface area (Å²) >= 11 is 0. The van der Waals surface area contributed by atoms with Crippen molar-refractivity contribution < 1.29 is 17.9 Å². The van der Waals surface area contributed by atoms with Gasteiger partial charge in [0.05, 0.1) is 4.90 Å². The quantitative estimate of drug-likeness (QED) is 0.825. The van der Waals surface area contributed by atoms with Gasteiger partial charge in [-0.05, 0) is 56.5 Å². The zero-order valence-electron chi connectivity index (χ0n) is 15.6. The van der Waals surface area contributed by atoms with Crippen molar-refractivity contribution in [1.82, 2.24) is 4.31 Å². The summed E-state index contributed by atoms with van der Waals surface area (Å²) in [7, 11) is -3.51. The van der Waals surface area contributed by atoms with Crippen molar-refractivity contribution in [3.63, 3.8) is 0 Å². The van der Waals surface area contributed by atoms with E-state index in [1.54, 1.807) is 18.2 Å². The molecule has 1 heterocycles. The number of anilines is 1. The summed E-state index contributed by atoms with van der Waals surface area (Å²) in [6.07, 6.45) is 1.76. The van der Waals surface area contributed by atoms with Crippen molar-refractivity contribution in [1.29, 1.82) is 0 Å². The van der Waals surface area contributed by atoms with Crippen molar-refractivity contribution in [2.45, 2.75) is 31.6 Å². The van der Waals surface area contributed by atoms with Gasteiger partial charge in [0.15, 0.2) is 6.61 Å². The minimum absolute atomic E-state index is 0.146. The zero-order chi connectivity index (χ0) is 19.4. The minimum atomic E-state index is -3.51. The standard InChI is InChI=1S/C20H24N2O4S/c1-15-8-9-19(16(2)12-15)26-14-20(23)21-17-6-5-7-18(13-17)27(24,25)22-10-3-4-11-22/h5-9,12-13H,3-4,10-11,14H2,1-2H3,(H,21,23). The fraction of sp³-hybridized carbons (Fsp3) is 0.350. The molecule has 0 aliphatic carbocycles. The Morgan fingerprint density at radius 2 is 1.85 bits per heavy atom. The number of nitrogens with zero attached hydrogens (tertiary/aromatic N) is 1. The number of carbonyl (C=O) groups excluding carboxylic acids is 1. The molecule has 1 fully saturated rings. The van der Waals surface area contributed by atoms with Crippen LogP contribution in [0.1, 0.15) is 24.0 Å². The first-order chi connectivity index (χ1) is 12.9. The Hall–Kier alpha value is -2.38. The van der Waals surface area contributed by atoms with Crippen molar-refractivity contribution >= 4 is 21.6 Å². The van der Waals surface area contributed by atoms with Gasteiger partial charge in [0.2, 0.25) is 10.0 Å². The van der Waals surface area contributed by atoms with Gasteiger partial charge in [-0.2, -0.15) is 4.31 Å². The van der Waals surface area contributed by atoms with E-state index in [-0.39, 0.29) is 17.4 Å². The second kappa shape index (κ2) is 8.10. The third kappa shape index (κ3) is 4.67. The molecule has 3 rings (SSSR count). The molecule has 0 bridgehead atoms. The predicted octanol–water partition coefficient (Wildman–Crippen LogP) is 3.11. The van der Waals surface area contributed by atoms with Crippen LogP contribution in [0.25, 0.3) is 0 Å². The highest BCUT2D eigenvalue weighted by Crippen LogP contribution is 2.23. The summed E-state index contributed by atoms with van der Waals surface area (Å²) in [4.78, 5) is 12.4. The van der Waals surface area contributed by atoms with E-state index in [4.69, 9.17) is 4.74 Å². The maximum Gasteiger partial charge on any atom is 0.262 e. The maximum atomic E-state index is 12.6. The molecule has 1 saturated heterocycles. The van der Waals surface area contributed by atoms with Gasteiger partial charge in [-0.3, -0.25) is 4.79 Å². The van der Waals surface area contributed by atoms with Gasteiger partial charge >= 0.3 is 0 Å². The average molecular weight is 388 g/mol. The third-order valence-electron chi connectivity index (χ3n) is 4.51. The lowest BCUT2D eigenvalue weighted by Gasteiger charge is -2.16. The van der Waals surface area contributed by atoms with E-state index < -0.39 is 10.0 Å². The molecule has 0 unspecified atom stereocenters. The third-order valence-corrected chi connectivity index (χ3v) is 6.40. The summed E-state index contributed by atoms with van der Waals surface area (Å²) in [5.74, 6) is 0.312. The van der Waals surface area contributed by atoms with E-state index in [2.05, 4.69) is 5.32 Å². The lowest BCUT2D eigenvalue weighted by atomic mass is 10.1. The van der Waals surface area contributed by atoms with E-state index in [1.165, 1.54) is 10.4 Å². The Morgan fingerprint density at radius 1 is 1.11 bits per heavy atom. The van der Waals surface area contributed by atoms with Crippen LogP contribution in [-0.4, -0.2) is 38.3 Å². The Morgan fingerprint density at radius 3 is 2.56 bits per heavy atom. The molecular weight excluding hydrogens is 364 g/mol. The van der Waals surface area contributed by atoms with Crippen molar-refractivity contribution in [2.75, 3.05) is 25.0 Å². The first-order valence-electron chi connectivity index (χ1n) is 8.96. The molecule has 2 aromatic carbocycles. The lowest BCUT2D eigenvalue weighted by molar-refractivity contribution is -0.118. The van der Waals surface area contributed by atoms with E-state index in [0.717, 1.165) is 24.0 Å². The molecule has 0 spiro atoms. The molecule has 7 heteroatoms. The molecule has 1 aliphatic heterocycles. The van der Waals surface area contributed by atoms with Crippen LogP contribution < -0.4 is 10.1 Å². The molecule has 1 N–H and O–H groups in total. The van der Waals surface area contributed by atoms with E-state index in [1.807, 2.05) is 32.0 Å². The normalized spacial score (nSPS) is 14.9. The number of carbonyl (C=O) groups is 1. The molecule has 0 radical (unpaired) electrons. The van der Waals surface area contributed by atoms with Gasteiger partial charge in [0, 0.05) is 18.8 Å². The second-order valence-corrected chi connectivity index (χ2v) is 8.68. The van der Waals surface area contributed by atoms with Crippen LogP contribution in [0.15, 0.2) is 47.4 Å². The van der Waals surface area contributed by atoms with Gasteiger partial charge in [-0.1, -0.05) is 23.8 Å². The Labute approximate surface area is 160 Å². The monoisotopic (exact) mass is 388 g/mol. The number of ether oxygens (including phenoxy) is 1. The minimum Gasteiger partial charge on any atom is -0.483 e. The van der Waals surface area contributed by atoms with E-state index >= 15 is 0 Å². The predicted molar refractivity (Wildman–Crippen MR) is 104 cm³/mol. The van der Waals surface area contributed by atoms with Gasteiger partial charge in [0.25, 0.3) is 5.91 Å². The maximum absolute atomic E-state index is 12.6. The molecule has 0 aromatic heterocycles. The van der Waals surface area contributed by atoms with Crippen LogP contribution in [-0.2, 0) is 14.8 Å². The highest BCUT2D eigenvalue weighted by atomic mass is 32.2. The topological polar surface area (TPSA) is 75.7 Å². The zero-order valence-corrected chi connectivity index (χ0v) is 16.4. The number of sulfonamides is 1. The van der Waals surface area contributed by atoms with Crippen molar-refractivity contribution in [3.8, 4) is 5.75 Å². The van der Waals surface area contributed by atoms with Crippen LogP contribution in [0, 0.1) is 13.8 Å². The Kier molecular flexibility index (Phi) is 5.82. The highest BCUT2D eigenvalue weighted by Gasteiger charge is 2.27. The molecule has 27 heavy (non-hydrogen) atoms. The fourth-order valence-corrected chi connectivity index (χ4v) is 4.68. The number of amides is 1.